The van der Waals surface area contributed by atoms with Gasteiger partial charge in [-0.15, -0.1) is 0 Å². The number of nitrogens with one attached hydrogen (secondary N) is 1. The molecule has 0 radical (unpaired) electrons. The zero-order chi connectivity index (χ0) is 10.9. The lowest BCUT2D eigenvalue weighted by atomic mass is 10.1. The number of likely N-dealkylation sites (N-methyl/N-ethyl adjacent to an activating group) is 1. The van der Waals surface area contributed by atoms with Crippen LogP contribution in [0.1, 0.15) is 19.0 Å². The van der Waals surface area contributed by atoms with Gasteiger partial charge in [0.1, 0.15) is 0 Å². The molecule has 0 amide bonds. The zero-order valence-electron chi connectivity index (χ0n) is 9.57. The van der Waals surface area contributed by atoms with Gasteiger partial charge in [0.05, 0.1) is 0 Å². The molecular formula is C12H20N2S. The van der Waals surface area contributed by atoms with E-state index < -0.39 is 0 Å². The van der Waals surface area contributed by atoms with E-state index in [9.17, 15) is 0 Å². The molecule has 1 aromatic rings. The Morgan fingerprint density at radius 1 is 1.47 bits per heavy atom. The van der Waals surface area contributed by atoms with Gasteiger partial charge in [-0.05, 0) is 37.1 Å². The van der Waals surface area contributed by atoms with Crippen molar-refractivity contribution >= 4 is 11.8 Å². The van der Waals surface area contributed by atoms with Crippen LogP contribution in [0.4, 0.5) is 0 Å². The molecule has 0 fully saturated rings. The van der Waals surface area contributed by atoms with E-state index in [0.717, 1.165) is 13.0 Å². The van der Waals surface area contributed by atoms with Crippen LogP contribution in [0.15, 0.2) is 24.4 Å². The molecule has 0 saturated heterocycles. The molecule has 1 unspecified atom stereocenters. The Kier molecular flexibility index (Phi) is 6.44. The van der Waals surface area contributed by atoms with Crippen molar-refractivity contribution in [3.8, 4) is 0 Å². The smallest absolute Gasteiger partial charge is 0.0419 e. The van der Waals surface area contributed by atoms with Gasteiger partial charge in [0.15, 0.2) is 0 Å². The predicted octanol–water partition coefficient (Wildman–Crippen LogP) is 2.36. The van der Waals surface area contributed by atoms with Crippen LogP contribution in [0.25, 0.3) is 0 Å². The summed E-state index contributed by atoms with van der Waals surface area (Å²) in [7, 11) is 0. The molecule has 0 aliphatic rings. The number of hydrogen-bond donors (Lipinski definition) is 1. The third-order valence-electron chi connectivity index (χ3n) is 2.34. The Balaban J connectivity index is 2.43. The molecule has 0 aromatic carbocycles. The van der Waals surface area contributed by atoms with Gasteiger partial charge in [0.2, 0.25) is 0 Å². The molecular weight excluding hydrogens is 204 g/mol. The van der Waals surface area contributed by atoms with Crippen molar-refractivity contribution in [1.29, 1.82) is 0 Å². The maximum atomic E-state index is 4.36. The minimum Gasteiger partial charge on any atom is -0.314 e. The molecule has 2 nitrogen and oxygen atoms in total. The summed E-state index contributed by atoms with van der Waals surface area (Å²) in [6.45, 7) is 3.19. The Hall–Kier alpha value is -0.540. The molecule has 0 aliphatic heterocycles. The fourth-order valence-electron chi connectivity index (χ4n) is 1.60. The second-order valence-corrected chi connectivity index (χ2v) is 4.55. The highest BCUT2D eigenvalue weighted by Gasteiger charge is 2.07. The van der Waals surface area contributed by atoms with Gasteiger partial charge in [-0.2, -0.15) is 11.8 Å². The monoisotopic (exact) mass is 224 g/mol. The highest BCUT2D eigenvalue weighted by Crippen LogP contribution is 2.06. The highest BCUT2D eigenvalue weighted by molar-refractivity contribution is 7.98. The zero-order valence-corrected chi connectivity index (χ0v) is 10.4. The maximum absolute atomic E-state index is 4.36. The molecule has 1 atom stereocenters. The van der Waals surface area contributed by atoms with E-state index in [1.165, 1.54) is 17.9 Å². The van der Waals surface area contributed by atoms with Crippen molar-refractivity contribution < 1.29 is 0 Å². The first kappa shape index (κ1) is 12.5. The molecule has 1 N–H and O–H groups in total. The average molecular weight is 224 g/mol. The van der Waals surface area contributed by atoms with Crippen molar-refractivity contribution in [2.45, 2.75) is 25.8 Å². The van der Waals surface area contributed by atoms with Crippen LogP contribution in [-0.4, -0.2) is 29.6 Å². The lowest BCUT2D eigenvalue weighted by Crippen LogP contribution is -2.31. The molecule has 3 heteroatoms. The van der Waals surface area contributed by atoms with E-state index in [2.05, 4.69) is 35.6 Å². The van der Waals surface area contributed by atoms with Crippen LogP contribution in [0, 0.1) is 0 Å². The standard InChI is InChI=1S/C12H20N2S/c1-3-13-12(7-9-15-2)10-11-6-4-5-8-14-11/h4-6,8,12-13H,3,7,9-10H2,1-2H3. The molecule has 1 heterocycles. The van der Waals surface area contributed by atoms with Gasteiger partial charge in [0, 0.05) is 24.4 Å². The summed E-state index contributed by atoms with van der Waals surface area (Å²) in [5.41, 5.74) is 1.18. The maximum Gasteiger partial charge on any atom is 0.0419 e. The van der Waals surface area contributed by atoms with Gasteiger partial charge < -0.3 is 5.32 Å². The molecule has 0 spiro atoms. The molecule has 1 rings (SSSR count). The first-order valence-electron chi connectivity index (χ1n) is 5.49. The summed E-state index contributed by atoms with van der Waals surface area (Å²) in [5.74, 6) is 1.21. The van der Waals surface area contributed by atoms with E-state index >= 15 is 0 Å². The summed E-state index contributed by atoms with van der Waals surface area (Å²) in [6, 6.07) is 6.69. The van der Waals surface area contributed by atoms with Crippen LogP contribution in [0.3, 0.4) is 0 Å². The number of rotatable bonds is 7. The fourth-order valence-corrected chi connectivity index (χ4v) is 2.12. The first-order chi connectivity index (χ1) is 7.36. The summed E-state index contributed by atoms with van der Waals surface area (Å²) in [4.78, 5) is 4.36. The van der Waals surface area contributed by atoms with Crippen molar-refractivity contribution in [1.82, 2.24) is 10.3 Å². The Labute approximate surface area is 96.9 Å². The molecule has 0 saturated carbocycles. The third-order valence-corrected chi connectivity index (χ3v) is 2.99. The minimum atomic E-state index is 0.567. The second kappa shape index (κ2) is 7.71. The fraction of sp³-hybridized carbons (Fsp3) is 0.583. The summed E-state index contributed by atoms with van der Waals surface area (Å²) in [6.07, 6.45) is 6.28. The largest absolute Gasteiger partial charge is 0.314 e. The van der Waals surface area contributed by atoms with Gasteiger partial charge in [-0.25, -0.2) is 0 Å². The number of hydrogen-bond acceptors (Lipinski definition) is 3. The van der Waals surface area contributed by atoms with E-state index in [4.69, 9.17) is 0 Å². The van der Waals surface area contributed by atoms with E-state index in [-0.39, 0.29) is 0 Å². The normalized spacial score (nSPS) is 12.7. The van der Waals surface area contributed by atoms with E-state index in [0.29, 0.717) is 6.04 Å². The van der Waals surface area contributed by atoms with Gasteiger partial charge >= 0.3 is 0 Å². The minimum absolute atomic E-state index is 0.567. The lowest BCUT2D eigenvalue weighted by Gasteiger charge is -2.16. The molecule has 15 heavy (non-hydrogen) atoms. The van der Waals surface area contributed by atoms with Crippen molar-refractivity contribution in [3.05, 3.63) is 30.1 Å². The van der Waals surface area contributed by atoms with Crippen molar-refractivity contribution in [2.24, 2.45) is 0 Å². The van der Waals surface area contributed by atoms with Crippen molar-refractivity contribution in [3.63, 3.8) is 0 Å². The lowest BCUT2D eigenvalue weighted by molar-refractivity contribution is 0.509. The molecule has 0 bridgehead atoms. The second-order valence-electron chi connectivity index (χ2n) is 3.56. The molecule has 0 aliphatic carbocycles. The Bertz CT molecular complexity index is 251. The number of pyridine rings is 1. The molecule has 84 valence electrons. The quantitative estimate of drug-likeness (QED) is 0.769. The van der Waals surface area contributed by atoms with Crippen LogP contribution in [-0.2, 0) is 6.42 Å². The highest BCUT2D eigenvalue weighted by atomic mass is 32.2. The number of nitrogens with zero attached hydrogens (tertiary/aromatic N) is 1. The van der Waals surface area contributed by atoms with Crippen molar-refractivity contribution in [2.75, 3.05) is 18.6 Å². The van der Waals surface area contributed by atoms with Crippen LogP contribution in [0.2, 0.25) is 0 Å². The summed E-state index contributed by atoms with van der Waals surface area (Å²) < 4.78 is 0. The van der Waals surface area contributed by atoms with Crippen LogP contribution in [0.5, 0.6) is 0 Å². The third kappa shape index (κ3) is 5.19. The van der Waals surface area contributed by atoms with E-state index in [1.54, 1.807) is 0 Å². The Morgan fingerprint density at radius 3 is 2.93 bits per heavy atom. The summed E-state index contributed by atoms with van der Waals surface area (Å²) >= 11 is 1.91. The number of thioether (sulfide) groups is 1. The average Bonchev–Trinajstić information content (AvgIpc) is 2.28. The van der Waals surface area contributed by atoms with Crippen LogP contribution < -0.4 is 5.32 Å². The Morgan fingerprint density at radius 2 is 2.33 bits per heavy atom. The SMILES string of the molecule is CCNC(CCSC)Cc1ccccn1. The van der Waals surface area contributed by atoms with Crippen LogP contribution >= 0.6 is 11.8 Å². The van der Waals surface area contributed by atoms with Gasteiger partial charge in [-0.3, -0.25) is 4.98 Å². The van der Waals surface area contributed by atoms with E-state index in [1.807, 2.05) is 24.0 Å². The van der Waals surface area contributed by atoms with Gasteiger partial charge in [-0.1, -0.05) is 13.0 Å². The number of aromatic nitrogens is 1. The topological polar surface area (TPSA) is 24.9 Å². The molecule has 1 aromatic heterocycles. The van der Waals surface area contributed by atoms with Gasteiger partial charge in [0.25, 0.3) is 0 Å². The predicted molar refractivity (Wildman–Crippen MR) is 68.4 cm³/mol. The first-order valence-corrected chi connectivity index (χ1v) is 6.88. The summed E-state index contributed by atoms with van der Waals surface area (Å²) in [5, 5.41) is 3.51.